The molecule has 122 valence electrons. The first kappa shape index (κ1) is 16.6. The first-order valence-corrected chi connectivity index (χ1v) is 7.76. The van der Waals surface area contributed by atoms with Crippen molar-refractivity contribution in [3.05, 3.63) is 0 Å². The van der Waals surface area contributed by atoms with Gasteiger partial charge in [0.2, 0.25) is 5.91 Å². The largest absolute Gasteiger partial charge is 0.393 e. The molecular formula is C14H27N3O4. The Balaban J connectivity index is 1.47. The summed E-state index contributed by atoms with van der Waals surface area (Å²) in [4.78, 5) is 11.4. The second-order valence-electron chi connectivity index (χ2n) is 5.89. The molecule has 2 rings (SSSR count). The van der Waals surface area contributed by atoms with Crippen LogP contribution in [0.1, 0.15) is 39.0 Å². The van der Waals surface area contributed by atoms with Crippen molar-refractivity contribution in [2.45, 2.75) is 51.2 Å². The Hall–Kier alpha value is -0.730. The molecule has 0 aromatic rings. The molecule has 21 heavy (non-hydrogen) atoms. The smallest absolute Gasteiger partial charge is 0.248 e. The number of aliphatic hydroxyl groups excluding tert-OH is 1. The molecular weight excluding hydrogens is 274 g/mol. The number of ether oxygens (including phenoxy) is 2. The Morgan fingerprint density at radius 1 is 1.33 bits per heavy atom. The minimum atomic E-state index is -0.149. The summed E-state index contributed by atoms with van der Waals surface area (Å²) in [5, 5.41) is 12.4. The van der Waals surface area contributed by atoms with Crippen LogP contribution in [0.25, 0.3) is 0 Å². The molecule has 2 aliphatic rings. The van der Waals surface area contributed by atoms with Gasteiger partial charge in [-0.25, -0.2) is 5.43 Å². The van der Waals surface area contributed by atoms with Gasteiger partial charge in [0.1, 0.15) is 6.73 Å². The summed E-state index contributed by atoms with van der Waals surface area (Å²) in [7, 11) is 0. The highest BCUT2D eigenvalue weighted by Gasteiger charge is 2.55. The summed E-state index contributed by atoms with van der Waals surface area (Å²) in [5.41, 5.74) is 5.64. The van der Waals surface area contributed by atoms with Gasteiger partial charge in [-0.15, -0.1) is 0 Å². The zero-order valence-electron chi connectivity index (χ0n) is 12.7. The van der Waals surface area contributed by atoms with Gasteiger partial charge >= 0.3 is 0 Å². The van der Waals surface area contributed by atoms with Crippen LogP contribution in [0.3, 0.4) is 0 Å². The van der Waals surface area contributed by atoms with E-state index in [2.05, 4.69) is 16.2 Å². The van der Waals surface area contributed by atoms with Crippen molar-refractivity contribution in [3.8, 4) is 0 Å². The summed E-state index contributed by atoms with van der Waals surface area (Å²) < 4.78 is 10.8. The standard InChI is InChI=1S/C14H27N3O4/c1-2-20-9-15-8-13(19)17-16-10-21-12-7-14(12)5-3-11(18)4-6-14/h11-12,15-16,18H,2-10H2,1H3,(H,17,19). The van der Waals surface area contributed by atoms with Crippen molar-refractivity contribution in [1.29, 1.82) is 0 Å². The van der Waals surface area contributed by atoms with Gasteiger partial charge in [0, 0.05) is 6.61 Å². The lowest BCUT2D eigenvalue weighted by molar-refractivity contribution is -0.122. The third kappa shape index (κ3) is 5.19. The van der Waals surface area contributed by atoms with E-state index in [0.717, 1.165) is 32.1 Å². The number of carbonyl (C=O) groups is 1. The first-order chi connectivity index (χ1) is 10.2. The topological polar surface area (TPSA) is 91.9 Å². The Morgan fingerprint density at radius 3 is 2.81 bits per heavy atom. The number of nitrogens with one attached hydrogen (secondary N) is 3. The molecule has 2 saturated carbocycles. The molecule has 0 heterocycles. The minimum absolute atomic E-state index is 0.126. The summed E-state index contributed by atoms with van der Waals surface area (Å²) in [5.74, 6) is -0.149. The summed E-state index contributed by atoms with van der Waals surface area (Å²) in [6.45, 7) is 3.42. The molecule has 0 aromatic heterocycles. The van der Waals surface area contributed by atoms with Crippen molar-refractivity contribution < 1.29 is 19.4 Å². The lowest BCUT2D eigenvalue weighted by atomic mass is 9.84. The third-order valence-electron chi connectivity index (χ3n) is 4.34. The number of rotatable bonds is 9. The van der Waals surface area contributed by atoms with E-state index in [4.69, 9.17) is 9.47 Å². The summed E-state index contributed by atoms with van der Waals surface area (Å²) >= 11 is 0. The molecule has 0 radical (unpaired) electrons. The molecule has 0 aromatic carbocycles. The van der Waals surface area contributed by atoms with Gasteiger partial charge in [0.15, 0.2) is 0 Å². The van der Waals surface area contributed by atoms with Gasteiger partial charge in [-0.3, -0.25) is 15.5 Å². The van der Waals surface area contributed by atoms with Crippen molar-refractivity contribution in [1.82, 2.24) is 16.2 Å². The molecule has 1 spiro atoms. The molecule has 0 bridgehead atoms. The van der Waals surface area contributed by atoms with Crippen LogP contribution in [-0.4, -0.2) is 49.8 Å². The Morgan fingerprint density at radius 2 is 2.10 bits per heavy atom. The highest BCUT2D eigenvalue weighted by atomic mass is 16.5. The number of hydrogen-bond acceptors (Lipinski definition) is 6. The van der Waals surface area contributed by atoms with Gasteiger partial charge in [-0.1, -0.05) is 0 Å². The second-order valence-corrected chi connectivity index (χ2v) is 5.89. The fourth-order valence-electron chi connectivity index (χ4n) is 2.91. The number of amides is 1. The predicted octanol–water partition coefficient (Wildman–Crippen LogP) is -0.141. The number of carbonyl (C=O) groups excluding carboxylic acids is 1. The average molecular weight is 301 g/mol. The second kappa shape index (κ2) is 8.05. The van der Waals surface area contributed by atoms with Crippen LogP contribution in [0.2, 0.25) is 0 Å². The van der Waals surface area contributed by atoms with E-state index in [1.807, 2.05) is 6.92 Å². The third-order valence-corrected chi connectivity index (χ3v) is 4.34. The molecule has 7 nitrogen and oxygen atoms in total. The van der Waals surface area contributed by atoms with Crippen LogP contribution in [-0.2, 0) is 14.3 Å². The van der Waals surface area contributed by atoms with Crippen molar-refractivity contribution in [3.63, 3.8) is 0 Å². The van der Waals surface area contributed by atoms with E-state index in [-0.39, 0.29) is 24.7 Å². The van der Waals surface area contributed by atoms with Gasteiger partial charge in [0.25, 0.3) is 0 Å². The fraction of sp³-hybridized carbons (Fsp3) is 0.929. The van der Waals surface area contributed by atoms with E-state index in [1.54, 1.807) is 0 Å². The van der Waals surface area contributed by atoms with Crippen LogP contribution in [0.5, 0.6) is 0 Å². The molecule has 2 fully saturated rings. The average Bonchev–Trinajstić information content (AvgIpc) is 3.16. The van der Waals surface area contributed by atoms with Crippen molar-refractivity contribution in [2.75, 3.05) is 26.6 Å². The minimum Gasteiger partial charge on any atom is -0.393 e. The molecule has 7 heteroatoms. The van der Waals surface area contributed by atoms with E-state index < -0.39 is 0 Å². The van der Waals surface area contributed by atoms with Gasteiger partial charge in [-0.2, -0.15) is 0 Å². The zero-order valence-corrected chi connectivity index (χ0v) is 12.7. The molecule has 1 atom stereocenters. The van der Waals surface area contributed by atoms with Gasteiger partial charge in [0.05, 0.1) is 25.5 Å². The number of aliphatic hydroxyl groups is 1. The molecule has 0 aliphatic heterocycles. The van der Waals surface area contributed by atoms with E-state index in [1.165, 1.54) is 0 Å². The normalized spacial score (nSPS) is 31.3. The lowest BCUT2D eigenvalue weighted by Gasteiger charge is -2.26. The molecule has 0 saturated heterocycles. The summed E-state index contributed by atoms with van der Waals surface area (Å²) in [6, 6.07) is 0. The van der Waals surface area contributed by atoms with E-state index in [0.29, 0.717) is 25.5 Å². The Kier molecular flexibility index (Phi) is 6.38. The number of hydrogen-bond donors (Lipinski definition) is 4. The quantitative estimate of drug-likeness (QED) is 0.269. The van der Waals surface area contributed by atoms with Gasteiger partial charge < -0.3 is 14.6 Å². The monoisotopic (exact) mass is 301 g/mol. The predicted molar refractivity (Wildman–Crippen MR) is 77.0 cm³/mol. The summed E-state index contributed by atoms with van der Waals surface area (Å²) in [6.07, 6.45) is 5.08. The zero-order chi connectivity index (χ0) is 15.1. The van der Waals surface area contributed by atoms with Crippen LogP contribution >= 0.6 is 0 Å². The highest BCUT2D eigenvalue weighted by Crippen LogP contribution is 2.57. The first-order valence-electron chi connectivity index (χ1n) is 7.76. The maximum absolute atomic E-state index is 11.4. The van der Waals surface area contributed by atoms with Crippen molar-refractivity contribution >= 4 is 5.91 Å². The van der Waals surface area contributed by atoms with Crippen molar-refractivity contribution in [2.24, 2.45) is 5.41 Å². The molecule has 1 amide bonds. The fourth-order valence-corrected chi connectivity index (χ4v) is 2.91. The maximum Gasteiger partial charge on any atom is 0.248 e. The van der Waals surface area contributed by atoms with Crippen LogP contribution in [0, 0.1) is 5.41 Å². The highest BCUT2D eigenvalue weighted by molar-refractivity contribution is 5.77. The SMILES string of the molecule is CCOCNCC(=O)NNCOC1CC12CCC(O)CC2. The van der Waals surface area contributed by atoms with Gasteiger partial charge in [-0.05, 0) is 44.4 Å². The van der Waals surface area contributed by atoms with E-state index in [9.17, 15) is 9.90 Å². The Labute approximate surface area is 125 Å². The van der Waals surface area contributed by atoms with Crippen LogP contribution < -0.4 is 16.2 Å². The lowest BCUT2D eigenvalue weighted by Crippen LogP contribution is -2.44. The van der Waals surface area contributed by atoms with Crippen LogP contribution in [0.15, 0.2) is 0 Å². The van der Waals surface area contributed by atoms with E-state index >= 15 is 0 Å². The molecule has 1 unspecified atom stereocenters. The molecule has 4 N–H and O–H groups in total. The Bertz CT molecular complexity index is 332. The number of hydrazine groups is 1. The molecule has 2 aliphatic carbocycles. The van der Waals surface area contributed by atoms with Crippen LogP contribution in [0.4, 0.5) is 0 Å². The maximum atomic E-state index is 11.4.